The fourth-order valence-corrected chi connectivity index (χ4v) is 2.40. The lowest BCUT2D eigenvalue weighted by molar-refractivity contribution is -0.116. The smallest absolute Gasteiger partial charge is 0.224 e. The van der Waals surface area contributed by atoms with Crippen molar-refractivity contribution in [2.24, 2.45) is 0 Å². The summed E-state index contributed by atoms with van der Waals surface area (Å²) in [6, 6.07) is 20.1. The molecule has 5 nitrogen and oxygen atoms in total. The number of aryl methyl sites for hydroxylation is 1. The maximum absolute atomic E-state index is 12.2. The lowest BCUT2D eigenvalue weighted by Crippen LogP contribution is -2.14. The van der Waals surface area contributed by atoms with Crippen molar-refractivity contribution in [2.45, 2.75) is 12.8 Å². The molecule has 0 atom stereocenters. The molecule has 0 aliphatic rings. The number of anilines is 3. The molecule has 2 aromatic carbocycles. The van der Waals surface area contributed by atoms with Gasteiger partial charge in [-0.3, -0.25) is 4.79 Å². The number of nitrogens with one attached hydrogen (secondary N) is 2. The van der Waals surface area contributed by atoms with E-state index in [1.165, 1.54) is 0 Å². The molecule has 0 saturated heterocycles. The molecule has 5 heteroatoms. The monoisotopic (exact) mass is 333 g/mol. The van der Waals surface area contributed by atoms with Crippen molar-refractivity contribution >= 4 is 23.1 Å². The lowest BCUT2D eigenvalue weighted by atomic mass is 10.1. The number of phenolic OH excluding ortho intramolecular Hbond substituents is 1. The Kier molecular flexibility index (Phi) is 5.26. The number of aromatic hydroxyl groups is 1. The summed E-state index contributed by atoms with van der Waals surface area (Å²) < 4.78 is 0. The number of rotatable bonds is 6. The van der Waals surface area contributed by atoms with E-state index in [-0.39, 0.29) is 11.7 Å². The zero-order valence-corrected chi connectivity index (χ0v) is 13.6. The first kappa shape index (κ1) is 16.5. The molecule has 3 N–H and O–H groups in total. The summed E-state index contributed by atoms with van der Waals surface area (Å²) in [5.74, 6) is 0.688. The number of hydrogen-bond donors (Lipinski definition) is 3. The first-order chi connectivity index (χ1) is 12.2. The summed E-state index contributed by atoms with van der Waals surface area (Å²) >= 11 is 0. The van der Waals surface area contributed by atoms with Crippen LogP contribution in [0.2, 0.25) is 0 Å². The second kappa shape index (κ2) is 7.97. The van der Waals surface area contributed by atoms with Gasteiger partial charge in [0.05, 0.1) is 5.69 Å². The fraction of sp³-hybridized carbons (Fsp3) is 0.100. The van der Waals surface area contributed by atoms with Crippen LogP contribution in [0.1, 0.15) is 12.0 Å². The van der Waals surface area contributed by atoms with Crippen LogP contribution in [0.4, 0.5) is 17.2 Å². The van der Waals surface area contributed by atoms with Gasteiger partial charge in [-0.25, -0.2) is 4.98 Å². The van der Waals surface area contributed by atoms with Gasteiger partial charge in [0.15, 0.2) is 5.82 Å². The van der Waals surface area contributed by atoms with Gasteiger partial charge >= 0.3 is 0 Å². The standard InChI is InChI=1S/C20H19N3O2/c24-17-11-9-16(10-12-17)22-20-18(7-4-14-21-20)23-19(25)13-8-15-5-2-1-3-6-15/h1-7,9-12,14,24H,8,13H2,(H,21,22)(H,23,25). The highest BCUT2D eigenvalue weighted by molar-refractivity contribution is 5.94. The summed E-state index contributed by atoms with van der Waals surface area (Å²) in [5, 5.41) is 15.4. The van der Waals surface area contributed by atoms with E-state index >= 15 is 0 Å². The number of benzene rings is 2. The normalized spacial score (nSPS) is 10.2. The molecule has 25 heavy (non-hydrogen) atoms. The SMILES string of the molecule is O=C(CCc1ccccc1)Nc1cccnc1Nc1ccc(O)cc1. The minimum Gasteiger partial charge on any atom is -0.508 e. The van der Waals surface area contributed by atoms with Crippen LogP contribution in [-0.4, -0.2) is 16.0 Å². The molecule has 0 aliphatic carbocycles. The van der Waals surface area contributed by atoms with Crippen molar-refractivity contribution in [1.29, 1.82) is 0 Å². The van der Waals surface area contributed by atoms with Gasteiger partial charge in [0, 0.05) is 18.3 Å². The zero-order chi connectivity index (χ0) is 17.5. The quantitative estimate of drug-likeness (QED) is 0.594. The molecule has 1 heterocycles. The van der Waals surface area contributed by atoms with Gasteiger partial charge in [0.1, 0.15) is 5.75 Å². The van der Waals surface area contributed by atoms with Gasteiger partial charge < -0.3 is 15.7 Å². The predicted molar refractivity (Wildman–Crippen MR) is 99.0 cm³/mol. The van der Waals surface area contributed by atoms with Crippen molar-refractivity contribution in [1.82, 2.24) is 4.98 Å². The molecule has 0 saturated carbocycles. The van der Waals surface area contributed by atoms with Crippen LogP contribution in [0.15, 0.2) is 72.9 Å². The third kappa shape index (κ3) is 4.81. The molecule has 3 rings (SSSR count). The minimum atomic E-state index is -0.0643. The van der Waals surface area contributed by atoms with Crippen molar-refractivity contribution in [3.63, 3.8) is 0 Å². The molecule has 0 fully saturated rings. The van der Waals surface area contributed by atoms with Crippen LogP contribution in [0.3, 0.4) is 0 Å². The molecule has 0 spiro atoms. The number of carbonyl (C=O) groups excluding carboxylic acids is 1. The van der Waals surface area contributed by atoms with Gasteiger partial charge in [-0.1, -0.05) is 30.3 Å². The molecule has 126 valence electrons. The maximum atomic E-state index is 12.2. The van der Waals surface area contributed by atoms with E-state index in [1.54, 1.807) is 42.6 Å². The Balaban J connectivity index is 1.64. The summed E-state index contributed by atoms with van der Waals surface area (Å²) in [5.41, 5.74) is 2.52. The molecular formula is C20H19N3O2. The van der Waals surface area contributed by atoms with Crippen LogP contribution in [0.25, 0.3) is 0 Å². The topological polar surface area (TPSA) is 74.2 Å². The van der Waals surface area contributed by atoms with Gasteiger partial charge in [-0.05, 0) is 48.4 Å². The first-order valence-electron chi connectivity index (χ1n) is 8.05. The number of nitrogens with zero attached hydrogens (tertiary/aromatic N) is 1. The van der Waals surface area contributed by atoms with Crippen LogP contribution in [0, 0.1) is 0 Å². The average molecular weight is 333 g/mol. The number of pyridine rings is 1. The van der Waals surface area contributed by atoms with E-state index in [9.17, 15) is 9.90 Å². The van der Waals surface area contributed by atoms with E-state index in [1.807, 2.05) is 30.3 Å². The second-order valence-electron chi connectivity index (χ2n) is 5.61. The lowest BCUT2D eigenvalue weighted by Gasteiger charge is -2.12. The second-order valence-corrected chi connectivity index (χ2v) is 5.61. The van der Waals surface area contributed by atoms with Crippen LogP contribution in [-0.2, 0) is 11.2 Å². The number of aromatic nitrogens is 1. The molecule has 3 aromatic rings. The average Bonchev–Trinajstić information content (AvgIpc) is 2.64. The summed E-state index contributed by atoms with van der Waals surface area (Å²) in [6.07, 6.45) is 2.74. The summed E-state index contributed by atoms with van der Waals surface area (Å²) in [7, 11) is 0. The number of hydrogen-bond acceptors (Lipinski definition) is 4. The Morgan fingerprint density at radius 2 is 1.72 bits per heavy atom. The Morgan fingerprint density at radius 3 is 2.48 bits per heavy atom. The van der Waals surface area contributed by atoms with Gasteiger partial charge in [0.25, 0.3) is 0 Å². The van der Waals surface area contributed by atoms with E-state index in [4.69, 9.17) is 0 Å². The van der Waals surface area contributed by atoms with E-state index < -0.39 is 0 Å². The Morgan fingerprint density at radius 1 is 0.960 bits per heavy atom. The van der Waals surface area contributed by atoms with Crippen molar-refractivity contribution < 1.29 is 9.90 Å². The Hall–Kier alpha value is -3.34. The Bertz CT molecular complexity index is 833. The number of amides is 1. The van der Waals surface area contributed by atoms with Crippen LogP contribution < -0.4 is 10.6 Å². The zero-order valence-electron chi connectivity index (χ0n) is 13.6. The molecule has 0 unspecified atom stereocenters. The third-order valence-corrected chi connectivity index (χ3v) is 3.70. The largest absolute Gasteiger partial charge is 0.508 e. The highest BCUT2D eigenvalue weighted by atomic mass is 16.3. The van der Waals surface area contributed by atoms with Crippen molar-refractivity contribution in [2.75, 3.05) is 10.6 Å². The molecule has 0 aliphatic heterocycles. The minimum absolute atomic E-state index is 0.0643. The number of carbonyl (C=O) groups is 1. The molecule has 0 bridgehead atoms. The highest BCUT2D eigenvalue weighted by Gasteiger charge is 2.08. The first-order valence-corrected chi connectivity index (χ1v) is 8.05. The van der Waals surface area contributed by atoms with E-state index in [0.29, 0.717) is 24.3 Å². The molecule has 1 aromatic heterocycles. The van der Waals surface area contributed by atoms with Crippen LogP contribution in [0.5, 0.6) is 5.75 Å². The molecule has 0 radical (unpaired) electrons. The van der Waals surface area contributed by atoms with Crippen molar-refractivity contribution in [3.05, 3.63) is 78.5 Å². The van der Waals surface area contributed by atoms with E-state index in [0.717, 1.165) is 11.3 Å². The molecular weight excluding hydrogens is 314 g/mol. The summed E-state index contributed by atoms with van der Waals surface area (Å²) in [4.78, 5) is 16.5. The van der Waals surface area contributed by atoms with Gasteiger partial charge in [-0.2, -0.15) is 0 Å². The molecule has 1 amide bonds. The van der Waals surface area contributed by atoms with Crippen LogP contribution >= 0.6 is 0 Å². The summed E-state index contributed by atoms with van der Waals surface area (Å²) in [6.45, 7) is 0. The van der Waals surface area contributed by atoms with E-state index in [2.05, 4.69) is 15.6 Å². The van der Waals surface area contributed by atoms with Gasteiger partial charge in [0.2, 0.25) is 5.91 Å². The Labute approximate surface area is 146 Å². The highest BCUT2D eigenvalue weighted by Crippen LogP contribution is 2.24. The maximum Gasteiger partial charge on any atom is 0.224 e. The number of phenols is 1. The third-order valence-electron chi connectivity index (χ3n) is 3.70. The fourth-order valence-electron chi connectivity index (χ4n) is 2.40. The predicted octanol–water partition coefficient (Wildman–Crippen LogP) is 4.10. The van der Waals surface area contributed by atoms with Crippen molar-refractivity contribution in [3.8, 4) is 5.75 Å². The van der Waals surface area contributed by atoms with Gasteiger partial charge in [-0.15, -0.1) is 0 Å².